The van der Waals surface area contributed by atoms with Crippen LogP contribution in [0.15, 0.2) is 76.9 Å². The highest BCUT2D eigenvalue weighted by Crippen LogP contribution is 2.16. The quantitative estimate of drug-likeness (QED) is 0.538. The average Bonchev–Trinajstić information content (AvgIpc) is 3.13. The number of benzene rings is 2. The number of carbonyl (C=O) groups excluding carboxylic acids is 1. The Morgan fingerprint density at radius 2 is 1.76 bits per heavy atom. The van der Waals surface area contributed by atoms with Crippen molar-refractivity contribution in [2.45, 2.75) is 0 Å². The number of hydrogen-bond donors (Lipinski definition) is 2. The van der Waals surface area contributed by atoms with Crippen LogP contribution in [0.2, 0.25) is 0 Å². The molecule has 0 spiro atoms. The molecule has 0 radical (unpaired) electrons. The number of hydrogen-bond acceptors (Lipinski definition) is 3. The molecular weight excluding hydrogens is 336 g/mol. The van der Waals surface area contributed by atoms with E-state index in [4.69, 9.17) is 11.6 Å². The third-order valence-corrected chi connectivity index (χ3v) is 3.56. The van der Waals surface area contributed by atoms with Gasteiger partial charge in [0.25, 0.3) is 5.91 Å². The Balaban J connectivity index is 1.61. The molecule has 0 aliphatic heterocycles. The van der Waals surface area contributed by atoms with Gasteiger partial charge in [0.2, 0.25) is 0 Å². The van der Waals surface area contributed by atoms with Gasteiger partial charge >= 0.3 is 0 Å². The summed E-state index contributed by atoms with van der Waals surface area (Å²) in [6.07, 6.45) is 3.13. The molecule has 3 rings (SSSR count). The van der Waals surface area contributed by atoms with E-state index in [9.17, 15) is 4.79 Å². The van der Waals surface area contributed by atoms with Gasteiger partial charge in [-0.1, -0.05) is 72.3 Å². The normalized spacial score (nSPS) is 11.6. The van der Waals surface area contributed by atoms with Gasteiger partial charge < -0.3 is 0 Å². The molecule has 0 fully saturated rings. The van der Waals surface area contributed by atoms with Gasteiger partial charge in [0.1, 0.15) is 5.69 Å². The van der Waals surface area contributed by atoms with Gasteiger partial charge in [0, 0.05) is 5.56 Å². The topological polar surface area (TPSA) is 70.1 Å². The molecule has 0 saturated heterocycles. The van der Waals surface area contributed by atoms with E-state index >= 15 is 0 Å². The van der Waals surface area contributed by atoms with Gasteiger partial charge in [0.05, 0.1) is 16.9 Å². The maximum Gasteiger partial charge on any atom is 0.289 e. The Bertz CT molecular complexity index is 901. The molecule has 2 aromatic carbocycles. The van der Waals surface area contributed by atoms with Crippen LogP contribution < -0.4 is 5.43 Å². The molecule has 0 unspecified atom stereocenters. The SMILES string of the molecule is O=C(NN=CC(Cl)=Cc1ccccc1)c1cc(-c2ccccc2)n[nH]1. The lowest BCUT2D eigenvalue weighted by Gasteiger charge is -1.96. The Morgan fingerprint density at radius 3 is 2.48 bits per heavy atom. The molecule has 1 heterocycles. The fourth-order valence-electron chi connectivity index (χ4n) is 2.15. The van der Waals surface area contributed by atoms with Crippen LogP contribution in [-0.4, -0.2) is 22.3 Å². The van der Waals surface area contributed by atoms with Crippen molar-refractivity contribution in [3.63, 3.8) is 0 Å². The van der Waals surface area contributed by atoms with Crippen molar-refractivity contribution in [2.75, 3.05) is 0 Å². The second-order valence-corrected chi connectivity index (χ2v) is 5.61. The van der Waals surface area contributed by atoms with E-state index in [2.05, 4.69) is 20.7 Å². The molecule has 0 aliphatic carbocycles. The van der Waals surface area contributed by atoms with Crippen LogP contribution in [0.4, 0.5) is 0 Å². The number of allylic oxidation sites excluding steroid dienone is 1. The molecule has 1 amide bonds. The Labute approximate surface area is 150 Å². The van der Waals surface area contributed by atoms with E-state index in [-0.39, 0.29) is 0 Å². The second-order valence-electron chi connectivity index (χ2n) is 5.17. The van der Waals surface area contributed by atoms with Crippen LogP contribution in [0, 0.1) is 0 Å². The number of aromatic amines is 1. The highest BCUT2D eigenvalue weighted by atomic mass is 35.5. The Morgan fingerprint density at radius 1 is 1.08 bits per heavy atom. The van der Waals surface area contributed by atoms with Gasteiger partial charge in [0.15, 0.2) is 0 Å². The Kier molecular flexibility index (Phi) is 5.39. The van der Waals surface area contributed by atoms with Gasteiger partial charge in [-0.25, -0.2) is 5.43 Å². The van der Waals surface area contributed by atoms with Crippen LogP contribution >= 0.6 is 11.6 Å². The van der Waals surface area contributed by atoms with Crippen LogP contribution in [0.25, 0.3) is 17.3 Å². The zero-order valence-corrected chi connectivity index (χ0v) is 13.9. The maximum atomic E-state index is 12.1. The molecule has 0 atom stereocenters. The summed E-state index contributed by atoms with van der Waals surface area (Å²) in [6.45, 7) is 0. The fraction of sp³-hybridized carbons (Fsp3) is 0. The van der Waals surface area contributed by atoms with Crippen LogP contribution in [-0.2, 0) is 0 Å². The molecule has 5 nitrogen and oxygen atoms in total. The predicted octanol–water partition coefficient (Wildman–Crippen LogP) is 4.07. The Hall–Kier alpha value is -3.18. The molecule has 2 N–H and O–H groups in total. The minimum atomic E-state index is -0.393. The van der Waals surface area contributed by atoms with Crippen LogP contribution in [0.5, 0.6) is 0 Å². The summed E-state index contributed by atoms with van der Waals surface area (Å²) >= 11 is 6.07. The zero-order valence-electron chi connectivity index (χ0n) is 13.2. The summed E-state index contributed by atoms with van der Waals surface area (Å²) in [7, 11) is 0. The van der Waals surface area contributed by atoms with Gasteiger partial charge in [-0.15, -0.1) is 0 Å². The van der Waals surface area contributed by atoms with Crippen LogP contribution in [0.3, 0.4) is 0 Å². The third kappa shape index (κ3) is 4.65. The minimum absolute atomic E-state index is 0.319. The molecule has 25 heavy (non-hydrogen) atoms. The lowest BCUT2D eigenvalue weighted by molar-refractivity contribution is 0.0950. The average molecular weight is 351 g/mol. The highest BCUT2D eigenvalue weighted by molar-refractivity contribution is 6.41. The van der Waals surface area contributed by atoms with E-state index in [0.717, 1.165) is 11.1 Å². The number of carbonyl (C=O) groups is 1. The van der Waals surface area contributed by atoms with Crippen molar-refractivity contribution in [1.29, 1.82) is 0 Å². The van der Waals surface area contributed by atoms with Crippen molar-refractivity contribution in [2.24, 2.45) is 5.10 Å². The first-order valence-electron chi connectivity index (χ1n) is 7.59. The van der Waals surface area contributed by atoms with Gasteiger partial charge in [-0.05, 0) is 17.7 Å². The summed E-state index contributed by atoms with van der Waals surface area (Å²) in [6, 6.07) is 20.9. The largest absolute Gasteiger partial charge is 0.289 e. The monoisotopic (exact) mass is 350 g/mol. The molecule has 0 bridgehead atoms. The molecule has 124 valence electrons. The first-order valence-corrected chi connectivity index (χ1v) is 7.96. The number of halogens is 1. The maximum absolute atomic E-state index is 12.1. The van der Waals surface area contributed by atoms with Crippen molar-refractivity contribution < 1.29 is 4.79 Å². The lowest BCUT2D eigenvalue weighted by atomic mass is 10.1. The number of hydrazone groups is 1. The third-order valence-electron chi connectivity index (χ3n) is 3.35. The summed E-state index contributed by atoms with van der Waals surface area (Å²) in [4.78, 5) is 12.1. The molecule has 0 aliphatic rings. The van der Waals surface area contributed by atoms with E-state index in [1.807, 2.05) is 60.7 Å². The predicted molar refractivity (Wildman–Crippen MR) is 100 cm³/mol. The van der Waals surface area contributed by atoms with Gasteiger partial charge in [-0.3, -0.25) is 9.89 Å². The summed E-state index contributed by atoms with van der Waals surface area (Å²) in [5.41, 5.74) is 5.30. The standard InChI is InChI=1S/C19H15ClN4O/c20-16(11-14-7-3-1-4-8-14)13-21-24-19(25)18-12-17(22-23-18)15-9-5-2-6-10-15/h1-13H,(H,22,23)(H,24,25). The number of amides is 1. The number of H-pyrrole nitrogens is 1. The number of nitrogens with one attached hydrogen (secondary N) is 2. The zero-order chi connectivity index (χ0) is 17.5. The van der Waals surface area contributed by atoms with Crippen molar-refractivity contribution in [3.05, 3.63) is 83.0 Å². The number of nitrogens with zero attached hydrogens (tertiary/aromatic N) is 2. The lowest BCUT2D eigenvalue weighted by Crippen LogP contribution is -2.17. The van der Waals surface area contributed by atoms with Gasteiger partial charge in [-0.2, -0.15) is 10.2 Å². The van der Waals surface area contributed by atoms with E-state index < -0.39 is 5.91 Å². The molecular formula is C19H15ClN4O. The van der Waals surface area contributed by atoms with Crippen LogP contribution in [0.1, 0.15) is 16.1 Å². The summed E-state index contributed by atoms with van der Waals surface area (Å²) < 4.78 is 0. The fourth-order valence-corrected chi connectivity index (χ4v) is 2.33. The molecule has 3 aromatic rings. The van der Waals surface area contributed by atoms with Crippen molar-refractivity contribution in [3.8, 4) is 11.3 Å². The van der Waals surface area contributed by atoms with E-state index in [1.165, 1.54) is 6.21 Å². The first-order chi connectivity index (χ1) is 12.2. The summed E-state index contributed by atoms with van der Waals surface area (Å²) in [5.74, 6) is -0.393. The second kappa shape index (κ2) is 8.08. The molecule has 6 heteroatoms. The molecule has 0 saturated carbocycles. The van der Waals surface area contributed by atoms with E-state index in [0.29, 0.717) is 16.4 Å². The summed E-state index contributed by atoms with van der Waals surface area (Å²) in [5, 5.41) is 11.1. The smallest absolute Gasteiger partial charge is 0.272 e. The first kappa shape index (κ1) is 16.7. The number of rotatable bonds is 5. The minimum Gasteiger partial charge on any atom is -0.272 e. The van der Waals surface area contributed by atoms with Crippen molar-refractivity contribution in [1.82, 2.24) is 15.6 Å². The highest BCUT2D eigenvalue weighted by Gasteiger charge is 2.09. The van der Waals surface area contributed by atoms with Crippen molar-refractivity contribution >= 4 is 29.8 Å². The molecule has 1 aromatic heterocycles. The van der Waals surface area contributed by atoms with E-state index in [1.54, 1.807) is 12.1 Å². The number of aromatic nitrogens is 2.